The summed E-state index contributed by atoms with van der Waals surface area (Å²) in [5, 5.41) is 13.8. The summed E-state index contributed by atoms with van der Waals surface area (Å²) in [5.41, 5.74) is 0. The lowest BCUT2D eigenvalue weighted by Crippen LogP contribution is -2.45. The van der Waals surface area contributed by atoms with Crippen molar-refractivity contribution < 1.29 is 32.9 Å². The number of aliphatic hydroxyl groups excluding tert-OH is 1. The van der Waals surface area contributed by atoms with Crippen LogP contribution in [0.1, 0.15) is 194 Å². The van der Waals surface area contributed by atoms with E-state index >= 15 is 0 Å². The number of amides is 1. The molecule has 3 unspecified atom stereocenters. The van der Waals surface area contributed by atoms with E-state index in [1.807, 2.05) is 27.2 Å². The normalized spacial score (nSPS) is 14.9. The number of likely N-dealkylation sites (N-methyl/N-ethyl adjacent to an activating group) is 1. The van der Waals surface area contributed by atoms with Crippen molar-refractivity contribution in [3.05, 3.63) is 97.2 Å². The topological polar surface area (TPSA) is 108 Å². The molecule has 0 aromatic carbocycles. The van der Waals surface area contributed by atoms with Gasteiger partial charge in [0.05, 0.1) is 39.9 Å². The molecule has 368 valence electrons. The lowest BCUT2D eigenvalue weighted by atomic mass is 10.0. The summed E-state index contributed by atoms with van der Waals surface area (Å²) in [6.07, 6.45) is 64.7. The number of hydrogen-bond acceptors (Lipinski definition) is 6. The Hall–Kier alpha value is -2.58. The maximum atomic E-state index is 12.9. The van der Waals surface area contributed by atoms with Crippen LogP contribution in [0.2, 0.25) is 0 Å². The Morgan fingerprint density at radius 3 is 1.45 bits per heavy atom. The van der Waals surface area contributed by atoms with E-state index in [-0.39, 0.29) is 12.5 Å². The van der Waals surface area contributed by atoms with Gasteiger partial charge in [0.15, 0.2) is 0 Å². The van der Waals surface area contributed by atoms with Gasteiger partial charge >= 0.3 is 0 Å². The van der Waals surface area contributed by atoms with E-state index in [1.165, 1.54) is 96.3 Å². The second kappa shape index (κ2) is 45.6. The molecule has 2 N–H and O–H groups in total. The molecule has 3 atom stereocenters. The molecule has 0 aromatic rings. The van der Waals surface area contributed by atoms with E-state index in [2.05, 4.69) is 104 Å². The van der Waals surface area contributed by atoms with Gasteiger partial charge < -0.3 is 28.8 Å². The molecule has 64 heavy (non-hydrogen) atoms. The molecule has 9 heteroatoms. The lowest BCUT2D eigenvalue weighted by molar-refractivity contribution is -0.870. The number of rotatable bonds is 45. The van der Waals surface area contributed by atoms with E-state index in [4.69, 9.17) is 9.05 Å². The molecule has 0 aliphatic heterocycles. The molecule has 0 heterocycles. The summed E-state index contributed by atoms with van der Waals surface area (Å²) >= 11 is 0. The van der Waals surface area contributed by atoms with Crippen LogP contribution >= 0.6 is 7.82 Å². The van der Waals surface area contributed by atoms with Crippen LogP contribution in [-0.4, -0.2) is 68.5 Å². The summed E-state index contributed by atoms with van der Waals surface area (Å²) in [4.78, 5) is 25.4. The van der Waals surface area contributed by atoms with Crippen LogP contribution in [0, 0.1) is 0 Å². The number of nitrogens with zero attached hydrogens (tertiary/aromatic N) is 1. The fourth-order valence-corrected chi connectivity index (χ4v) is 7.46. The zero-order chi connectivity index (χ0) is 47.1. The number of hydrogen-bond donors (Lipinski definition) is 2. The summed E-state index contributed by atoms with van der Waals surface area (Å²) in [5.74, 6) is -0.220. The van der Waals surface area contributed by atoms with Gasteiger partial charge in [-0.3, -0.25) is 9.36 Å². The number of quaternary nitrogens is 1. The Bertz CT molecular complexity index is 1360. The Morgan fingerprint density at radius 1 is 0.562 bits per heavy atom. The van der Waals surface area contributed by atoms with Crippen molar-refractivity contribution in [2.45, 2.75) is 206 Å². The average molecular weight is 913 g/mol. The van der Waals surface area contributed by atoms with Crippen molar-refractivity contribution in [3.8, 4) is 0 Å². The van der Waals surface area contributed by atoms with Gasteiger partial charge in [-0.15, -0.1) is 0 Å². The highest BCUT2D eigenvalue weighted by molar-refractivity contribution is 7.45. The number of phosphoric ester groups is 1. The molecule has 0 spiro atoms. The monoisotopic (exact) mass is 913 g/mol. The van der Waals surface area contributed by atoms with E-state index in [0.717, 1.165) is 77.0 Å². The molecule has 0 rings (SSSR count). The molecule has 0 aliphatic rings. The molecule has 8 nitrogen and oxygen atoms in total. The quantitative estimate of drug-likeness (QED) is 0.0273. The predicted molar refractivity (Wildman–Crippen MR) is 274 cm³/mol. The number of nitrogens with one attached hydrogen (secondary N) is 1. The molecule has 0 aliphatic carbocycles. The number of carbonyl (C=O) groups is 1. The molecule has 0 aromatic heterocycles. The van der Waals surface area contributed by atoms with Crippen LogP contribution in [0.3, 0.4) is 0 Å². The van der Waals surface area contributed by atoms with Crippen LogP contribution < -0.4 is 10.2 Å². The lowest BCUT2D eigenvalue weighted by Gasteiger charge is -2.29. The number of carbonyl (C=O) groups excluding carboxylic acids is 1. The highest BCUT2D eigenvalue weighted by Gasteiger charge is 2.23. The Balaban J connectivity index is 4.31. The van der Waals surface area contributed by atoms with Crippen molar-refractivity contribution in [1.82, 2.24) is 5.32 Å². The maximum Gasteiger partial charge on any atom is 0.268 e. The minimum Gasteiger partial charge on any atom is -0.756 e. The second-order valence-corrected chi connectivity index (χ2v) is 19.5. The van der Waals surface area contributed by atoms with E-state index in [0.29, 0.717) is 17.4 Å². The molecule has 0 saturated carbocycles. The van der Waals surface area contributed by atoms with Crippen molar-refractivity contribution in [2.24, 2.45) is 0 Å². The zero-order valence-electron chi connectivity index (χ0n) is 41.7. The van der Waals surface area contributed by atoms with E-state index in [1.54, 1.807) is 6.08 Å². The fraction of sp³-hybridized carbons (Fsp3) is 0.691. The molecule has 0 bridgehead atoms. The predicted octanol–water partition coefficient (Wildman–Crippen LogP) is 14.5. The van der Waals surface area contributed by atoms with Crippen molar-refractivity contribution in [1.29, 1.82) is 0 Å². The van der Waals surface area contributed by atoms with Gasteiger partial charge in [-0.25, -0.2) is 0 Å². The van der Waals surface area contributed by atoms with Gasteiger partial charge in [0.1, 0.15) is 13.2 Å². The molecule has 1 amide bonds. The first-order valence-electron chi connectivity index (χ1n) is 25.6. The zero-order valence-corrected chi connectivity index (χ0v) is 42.6. The molecule has 0 saturated heterocycles. The maximum absolute atomic E-state index is 12.9. The third kappa shape index (κ3) is 47.4. The first-order chi connectivity index (χ1) is 31.0. The van der Waals surface area contributed by atoms with Gasteiger partial charge in [-0.05, 0) is 89.9 Å². The van der Waals surface area contributed by atoms with E-state index < -0.39 is 26.6 Å². The largest absolute Gasteiger partial charge is 0.756 e. The van der Waals surface area contributed by atoms with Gasteiger partial charge in [0.2, 0.25) is 5.91 Å². The number of allylic oxidation sites excluding steroid dienone is 15. The molecule has 0 fully saturated rings. The van der Waals surface area contributed by atoms with Crippen LogP contribution in [0.5, 0.6) is 0 Å². The third-order valence-electron chi connectivity index (χ3n) is 10.8. The van der Waals surface area contributed by atoms with Crippen molar-refractivity contribution in [2.75, 3.05) is 40.9 Å². The van der Waals surface area contributed by atoms with Crippen LogP contribution in [0.15, 0.2) is 97.2 Å². The Morgan fingerprint density at radius 2 is 0.969 bits per heavy atom. The minimum absolute atomic E-state index is 0.0142. The smallest absolute Gasteiger partial charge is 0.268 e. The first-order valence-corrected chi connectivity index (χ1v) is 27.1. The SMILES string of the molecule is CC/C=C\C/C=C\C/C=C\C/C=C\C/C=C\CCCCCCCCCCCCCC(=O)NC(COP(=O)([O-])OCC[N+](C)(C)C)C(O)/C=C/CC/C=C/CC/C=C/CCCCCCC. The van der Waals surface area contributed by atoms with Gasteiger partial charge in [-0.1, -0.05) is 195 Å². The highest BCUT2D eigenvalue weighted by Crippen LogP contribution is 2.38. The molecular weight excluding hydrogens is 816 g/mol. The third-order valence-corrected chi connectivity index (χ3v) is 11.7. The van der Waals surface area contributed by atoms with Crippen LogP contribution in [0.25, 0.3) is 0 Å². The summed E-state index contributed by atoms with van der Waals surface area (Å²) < 4.78 is 23.2. The Kier molecular flexibility index (Phi) is 43.7. The summed E-state index contributed by atoms with van der Waals surface area (Å²) in [6, 6.07) is -0.917. The number of aliphatic hydroxyl groups is 1. The van der Waals surface area contributed by atoms with E-state index in [9.17, 15) is 19.4 Å². The Labute approximate surface area is 394 Å². The van der Waals surface area contributed by atoms with Gasteiger partial charge in [-0.2, -0.15) is 0 Å². The van der Waals surface area contributed by atoms with Crippen molar-refractivity contribution >= 4 is 13.7 Å². The molecule has 0 radical (unpaired) electrons. The highest BCUT2D eigenvalue weighted by atomic mass is 31.2. The number of phosphoric acid groups is 1. The molecular formula is C55H97N2O6P. The van der Waals surface area contributed by atoms with Gasteiger partial charge in [0, 0.05) is 6.42 Å². The standard InChI is InChI=1S/C55H97N2O6P/c1-6-8-10-12-14-16-18-20-22-23-24-25-26-27-28-29-30-31-32-33-35-37-39-41-43-45-47-49-55(59)56-53(52-63-64(60,61)62-51-50-57(3,4)5)54(58)48-46-44-42-40-38-36-34-21-19-17-15-13-11-9-7-2/h8,10,14,16,19-22,24-25,27-28,38,40,46,48,53-54,58H,6-7,9,11-13,15,17-18,23,26,29-37,39,41-45,47,49-52H2,1-5H3,(H-,56,59,60,61)/b10-8-,16-14-,21-19+,22-20-,25-24-,28-27-,40-38+,48-46+. The van der Waals surface area contributed by atoms with Crippen LogP contribution in [0.4, 0.5) is 0 Å². The minimum atomic E-state index is -4.61. The van der Waals surface area contributed by atoms with Crippen molar-refractivity contribution in [3.63, 3.8) is 0 Å². The number of unbranched alkanes of at least 4 members (excludes halogenated alkanes) is 18. The van der Waals surface area contributed by atoms with Crippen LogP contribution in [-0.2, 0) is 18.4 Å². The first kappa shape index (κ1) is 61.4. The van der Waals surface area contributed by atoms with Gasteiger partial charge in [0.25, 0.3) is 7.82 Å². The summed E-state index contributed by atoms with van der Waals surface area (Å²) in [6.45, 7) is 4.47. The second-order valence-electron chi connectivity index (χ2n) is 18.1. The fourth-order valence-electron chi connectivity index (χ4n) is 6.74. The average Bonchev–Trinajstić information content (AvgIpc) is 3.25. The summed E-state index contributed by atoms with van der Waals surface area (Å²) in [7, 11) is 1.22.